The molecule has 2 rings (SSSR count). The van der Waals surface area contributed by atoms with E-state index in [1.165, 1.54) is 0 Å². The van der Waals surface area contributed by atoms with Crippen molar-refractivity contribution in [2.75, 3.05) is 18.9 Å². The van der Waals surface area contributed by atoms with E-state index in [0.717, 1.165) is 0 Å². The molecule has 22 heavy (non-hydrogen) atoms. The Kier molecular flexibility index (Phi) is 5.32. The topological polar surface area (TPSA) is 93.8 Å². The normalized spacial score (nSPS) is 10.0. The van der Waals surface area contributed by atoms with Gasteiger partial charge in [0, 0.05) is 28.9 Å². The Balaban J connectivity index is 2.00. The maximum absolute atomic E-state index is 10.3. The summed E-state index contributed by atoms with van der Waals surface area (Å²) in [4.78, 5) is 10.3. The average molecular weight is 323 g/mol. The van der Waals surface area contributed by atoms with Gasteiger partial charge in [-0.1, -0.05) is 11.6 Å². The summed E-state index contributed by atoms with van der Waals surface area (Å²) in [5.74, 6) is 1.63. The number of rotatable bonds is 6. The quantitative estimate of drug-likeness (QED) is 0.560. The molecule has 2 aromatic rings. The fourth-order valence-electron chi connectivity index (χ4n) is 1.70. The molecule has 1 amide bonds. The Morgan fingerprint density at radius 3 is 2.50 bits per heavy atom. The van der Waals surface area contributed by atoms with Crippen LogP contribution in [0, 0.1) is 0 Å². The number of hydrogen-bond donors (Lipinski definition) is 3. The van der Waals surface area contributed by atoms with E-state index in [2.05, 4.69) is 5.32 Å². The van der Waals surface area contributed by atoms with E-state index in [0.29, 0.717) is 28.0 Å². The van der Waals surface area contributed by atoms with Gasteiger partial charge in [-0.15, -0.1) is 0 Å². The van der Waals surface area contributed by atoms with Crippen molar-refractivity contribution in [2.24, 2.45) is 0 Å². The van der Waals surface area contributed by atoms with Gasteiger partial charge in [-0.05, 0) is 24.3 Å². The lowest BCUT2D eigenvalue weighted by Crippen LogP contribution is -2.26. The summed E-state index contributed by atoms with van der Waals surface area (Å²) < 4.78 is 11.1. The van der Waals surface area contributed by atoms with E-state index in [4.69, 9.17) is 31.9 Å². The van der Waals surface area contributed by atoms with Crippen molar-refractivity contribution < 1.29 is 19.4 Å². The van der Waals surface area contributed by atoms with Crippen LogP contribution in [0.3, 0.4) is 0 Å². The number of nitrogen functional groups attached to an aromatic ring is 1. The van der Waals surface area contributed by atoms with E-state index < -0.39 is 6.09 Å². The maximum Gasteiger partial charge on any atom is 0.404 e. The molecule has 0 aliphatic heterocycles. The van der Waals surface area contributed by atoms with Crippen LogP contribution in [0.4, 0.5) is 10.5 Å². The molecule has 0 heterocycles. The van der Waals surface area contributed by atoms with Crippen LogP contribution in [0.5, 0.6) is 17.2 Å². The van der Waals surface area contributed by atoms with Crippen molar-refractivity contribution in [1.82, 2.24) is 5.32 Å². The first-order chi connectivity index (χ1) is 10.5. The molecule has 0 fully saturated rings. The standard InChI is InChI=1S/C15H15ClN2O4/c16-10-1-3-12(4-2-10)22-14-8-11(17)7-13(9-14)21-6-5-18-15(19)20/h1-4,7-9,18H,5-6,17H2,(H,19,20). The van der Waals surface area contributed by atoms with Gasteiger partial charge in [0.1, 0.15) is 23.9 Å². The minimum absolute atomic E-state index is 0.178. The lowest BCUT2D eigenvalue weighted by molar-refractivity contribution is 0.191. The Morgan fingerprint density at radius 1 is 1.14 bits per heavy atom. The van der Waals surface area contributed by atoms with E-state index in [9.17, 15) is 4.79 Å². The molecule has 0 saturated heterocycles. The second-order valence-electron chi connectivity index (χ2n) is 4.37. The molecule has 6 nitrogen and oxygen atoms in total. The van der Waals surface area contributed by atoms with Gasteiger partial charge in [-0.25, -0.2) is 4.79 Å². The largest absolute Gasteiger partial charge is 0.492 e. The van der Waals surface area contributed by atoms with Crippen LogP contribution in [0.25, 0.3) is 0 Å². The molecule has 0 aromatic heterocycles. The molecule has 4 N–H and O–H groups in total. The summed E-state index contributed by atoms with van der Waals surface area (Å²) in [6, 6.07) is 11.9. The predicted molar refractivity (Wildman–Crippen MR) is 83.9 cm³/mol. The average Bonchev–Trinajstić information content (AvgIpc) is 2.45. The van der Waals surface area contributed by atoms with Crippen molar-refractivity contribution in [3.05, 3.63) is 47.5 Å². The van der Waals surface area contributed by atoms with Gasteiger partial charge in [0.25, 0.3) is 0 Å². The predicted octanol–water partition coefficient (Wildman–Crippen LogP) is 3.36. The summed E-state index contributed by atoms with van der Waals surface area (Å²) in [5.41, 5.74) is 6.28. The SMILES string of the molecule is Nc1cc(OCCNC(=O)O)cc(Oc2ccc(Cl)cc2)c1. The van der Waals surface area contributed by atoms with E-state index in [-0.39, 0.29) is 13.2 Å². The summed E-state index contributed by atoms with van der Waals surface area (Å²) >= 11 is 5.82. The highest BCUT2D eigenvalue weighted by Crippen LogP contribution is 2.29. The van der Waals surface area contributed by atoms with Crippen LogP contribution in [-0.4, -0.2) is 24.4 Å². The number of ether oxygens (including phenoxy) is 2. The van der Waals surface area contributed by atoms with E-state index in [1.54, 1.807) is 42.5 Å². The summed E-state index contributed by atoms with van der Waals surface area (Å²) in [7, 11) is 0. The number of carbonyl (C=O) groups is 1. The number of halogens is 1. The van der Waals surface area contributed by atoms with E-state index >= 15 is 0 Å². The fraction of sp³-hybridized carbons (Fsp3) is 0.133. The molecule has 116 valence electrons. The molecule has 0 saturated carbocycles. The molecule has 0 aliphatic rings. The van der Waals surface area contributed by atoms with Gasteiger partial charge < -0.3 is 25.6 Å². The molecular weight excluding hydrogens is 308 g/mol. The summed E-state index contributed by atoms with van der Waals surface area (Å²) in [6.07, 6.45) is -1.09. The van der Waals surface area contributed by atoms with Crippen LogP contribution >= 0.6 is 11.6 Å². The number of nitrogens with two attached hydrogens (primary N) is 1. The van der Waals surface area contributed by atoms with Gasteiger partial charge in [-0.2, -0.15) is 0 Å². The lowest BCUT2D eigenvalue weighted by Gasteiger charge is -2.11. The van der Waals surface area contributed by atoms with Crippen molar-refractivity contribution in [2.45, 2.75) is 0 Å². The number of hydrogen-bond acceptors (Lipinski definition) is 4. The Bertz CT molecular complexity index is 646. The van der Waals surface area contributed by atoms with Crippen LogP contribution in [-0.2, 0) is 0 Å². The van der Waals surface area contributed by atoms with Gasteiger partial charge in [0.15, 0.2) is 0 Å². The highest BCUT2D eigenvalue weighted by Gasteiger charge is 2.04. The zero-order valence-corrected chi connectivity index (χ0v) is 12.3. The summed E-state index contributed by atoms with van der Waals surface area (Å²) in [6.45, 7) is 0.369. The lowest BCUT2D eigenvalue weighted by atomic mass is 10.3. The number of carboxylic acid groups (broad SMARTS) is 1. The molecule has 7 heteroatoms. The first-order valence-electron chi connectivity index (χ1n) is 6.46. The number of nitrogens with one attached hydrogen (secondary N) is 1. The molecule has 2 aromatic carbocycles. The maximum atomic E-state index is 10.3. The molecule has 0 unspecified atom stereocenters. The van der Waals surface area contributed by atoms with Crippen LogP contribution in [0.1, 0.15) is 0 Å². The van der Waals surface area contributed by atoms with Crippen molar-refractivity contribution in [1.29, 1.82) is 0 Å². The van der Waals surface area contributed by atoms with Crippen molar-refractivity contribution in [3.63, 3.8) is 0 Å². The first kappa shape index (κ1) is 15.8. The van der Waals surface area contributed by atoms with Crippen LogP contribution in [0.15, 0.2) is 42.5 Å². The highest BCUT2D eigenvalue weighted by atomic mass is 35.5. The molecular formula is C15H15ClN2O4. The number of anilines is 1. The number of amides is 1. The van der Waals surface area contributed by atoms with Gasteiger partial charge in [0.05, 0.1) is 6.54 Å². The zero-order valence-electron chi connectivity index (χ0n) is 11.6. The molecule has 0 bridgehead atoms. The van der Waals surface area contributed by atoms with E-state index in [1.807, 2.05) is 0 Å². The third-order valence-electron chi connectivity index (χ3n) is 2.60. The molecule has 0 radical (unpaired) electrons. The minimum Gasteiger partial charge on any atom is -0.492 e. The van der Waals surface area contributed by atoms with Crippen molar-refractivity contribution in [3.8, 4) is 17.2 Å². The highest BCUT2D eigenvalue weighted by molar-refractivity contribution is 6.30. The smallest absolute Gasteiger partial charge is 0.404 e. The van der Waals surface area contributed by atoms with Crippen LogP contribution < -0.4 is 20.5 Å². The summed E-state index contributed by atoms with van der Waals surface area (Å²) in [5, 5.41) is 11.3. The fourth-order valence-corrected chi connectivity index (χ4v) is 1.83. The van der Waals surface area contributed by atoms with Gasteiger partial charge in [0.2, 0.25) is 0 Å². The second kappa shape index (κ2) is 7.42. The Morgan fingerprint density at radius 2 is 1.82 bits per heavy atom. The molecule has 0 spiro atoms. The zero-order chi connectivity index (χ0) is 15.9. The Hall–Kier alpha value is -2.60. The molecule has 0 atom stereocenters. The Labute approximate surface area is 132 Å². The third-order valence-corrected chi connectivity index (χ3v) is 2.85. The number of benzene rings is 2. The third kappa shape index (κ3) is 5.06. The monoisotopic (exact) mass is 322 g/mol. The van der Waals surface area contributed by atoms with Gasteiger partial charge >= 0.3 is 6.09 Å². The van der Waals surface area contributed by atoms with Gasteiger partial charge in [-0.3, -0.25) is 0 Å². The second-order valence-corrected chi connectivity index (χ2v) is 4.81. The molecule has 0 aliphatic carbocycles. The van der Waals surface area contributed by atoms with Crippen LogP contribution in [0.2, 0.25) is 5.02 Å². The minimum atomic E-state index is -1.09. The first-order valence-corrected chi connectivity index (χ1v) is 6.84. The van der Waals surface area contributed by atoms with Crippen molar-refractivity contribution >= 4 is 23.4 Å².